The largest absolute Gasteiger partial charge is 0.306 e. The van der Waals surface area contributed by atoms with Gasteiger partial charge in [-0.2, -0.15) is 0 Å². The lowest BCUT2D eigenvalue weighted by Gasteiger charge is -2.39. The Hall–Kier alpha value is -0.0800. The number of rotatable bonds is 1. The first-order chi connectivity index (χ1) is 7.36. The van der Waals surface area contributed by atoms with Crippen molar-refractivity contribution in [3.05, 3.63) is 0 Å². The molecule has 0 bridgehead atoms. The maximum absolute atomic E-state index is 2.73. The average Bonchev–Trinajstić information content (AvgIpc) is 2.34. The maximum atomic E-state index is 2.73. The molecule has 2 aliphatic rings. The zero-order valence-electron chi connectivity index (χ0n) is 10.8. The van der Waals surface area contributed by atoms with E-state index in [2.05, 4.69) is 16.8 Å². The van der Waals surface area contributed by atoms with Gasteiger partial charge in [-0.1, -0.05) is 27.7 Å². The molecule has 0 radical (unpaired) electrons. The molecule has 2 heteroatoms. The van der Waals surface area contributed by atoms with Gasteiger partial charge in [0.2, 0.25) is 0 Å². The van der Waals surface area contributed by atoms with Crippen LogP contribution in [0.2, 0.25) is 0 Å². The van der Waals surface area contributed by atoms with Crippen molar-refractivity contribution in [2.75, 3.05) is 33.2 Å². The van der Waals surface area contributed by atoms with Gasteiger partial charge in [0.05, 0.1) is 0 Å². The summed E-state index contributed by atoms with van der Waals surface area (Å²) in [5.74, 6) is 0. The molecule has 2 aliphatic heterocycles. The van der Waals surface area contributed by atoms with Gasteiger partial charge in [0.15, 0.2) is 0 Å². The van der Waals surface area contributed by atoms with Crippen LogP contribution in [0, 0.1) is 0 Å². The molecule has 0 aromatic rings. The lowest BCUT2D eigenvalue weighted by molar-refractivity contribution is 0.103. The van der Waals surface area contributed by atoms with E-state index in [1.54, 1.807) is 0 Å². The van der Waals surface area contributed by atoms with E-state index in [4.69, 9.17) is 0 Å². The highest BCUT2D eigenvalue weighted by atomic mass is 15.2. The molecule has 0 atom stereocenters. The van der Waals surface area contributed by atoms with Crippen LogP contribution in [0.25, 0.3) is 0 Å². The zero-order valence-corrected chi connectivity index (χ0v) is 10.8. The van der Waals surface area contributed by atoms with E-state index >= 15 is 0 Å². The second-order valence-electron chi connectivity index (χ2n) is 4.63. The molecule has 0 spiro atoms. The standard InChI is InChI=1S/C11H22N2.C2H6.CH4/c1-12-9-5-11(6-10-12)13-7-3-2-4-8-13;1-2;/h11H,2-10H2,1H3;1-2H3;1H4. The molecule has 0 amide bonds. The Morgan fingerprint density at radius 2 is 1.31 bits per heavy atom. The van der Waals surface area contributed by atoms with E-state index in [-0.39, 0.29) is 7.43 Å². The number of piperidine rings is 2. The highest BCUT2D eigenvalue weighted by Crippen LogP contribution is 2.19. The van der Waals surface area contributed by atoms with Crippen LogP contribution >= 0.6 is 0 Å². The van der Waals surface area contributed by atoms with E-state index < -0.39 is 0 Å². The molecule has 0 aliphatic carbocycles. The third kappa shape index (κ3) is 4.84. The summed E-state index contributed by atoms with van der Waals surface area (Å²) in [5.41, 5.74) is 0. The summed E-state index contributed by atoms with van der Waals surface area (Å²) in [6, 6.07) is 0.913. The molecule has 2 rings (SSSR count). The first-order valence-electron chi connectivity index (χ1n) is 6.79. The Morgan fingerprint density at radius 1 is 0.812 bits per heavy atom. The number of hydrogen-bond acceptors (Lipinski definition) is 2. The highest BCUT2D eigenvalue weighted by molar-refractivity contribution is 4.80. The van der Waals surface area contributed by atoms with E-state index in [1.807, 2.05) is 13.8 Å². The quantitative estimate of drug-likeness (QED) is 0.680. The normalized spacial score (nSPS) is 24.2. The Balaban J connectivity index is 0.000000711. The van der Waals surface area contributed by atoms with Crippen molar-refractivity contribution < 1.29 is 0 Å². The molecule has 0 N–H and O–H groups in total. The maximum Gasteiger partial charge on any atom is 0.0120 e. The number of hydrogen-bond donors (Lipinski definition) is 0. The van der Waals surface area contributed by atoms with Gasteiger partial charge in [-0.3, -0.25) is 0 Å². The molecule has 2 fully saturated rings. The topological polar surface area (TPSA) is 6.48 Å². The summed E-state index contributed by atoms with van der Waals surface area (Å²) in [6.45, 7) is 9.35. The van der Waals surface area contributed by atoms with Crippen LogP contribution in [0.15, 0.2) is 0 Å². The molecular formula is C14H32N2. The van der Waals surface area contributed by atoms with Crippen molar-refractivity contribution in [3.8, 4) is 0 Å². The van der Waals surface area contributed by atoms with Crippen molar-refractivity contribution >= 4 is 0 Å². The van der Waals surface area contributed by atoms with E-state index in [9.17, 15) is 0 Å². The summed E-state index contributed by atoms with van der Waals surface area (Å²) in [7, 11) is 2.24. The predicted molar refractivity (Wildman–Crippen MR) is 74.0 cm³/mol. The van der Waals surface area contributed by atoms with E-state index in [0.29, 0.717) is 0 Å². The summed E-state index contributed by atoms with van der Waals surface area (Å²) in [5, 5.41) is 0. The first-order valence-corrected chi connectivity index (χ1v) is 6.79. The van der Waals surface area contributed by atoms with Crippen molar-refractivity contribution in [1.29, 1.82) is 0 Å². The third-order valence-corrected chi connectivity index (χ3v) is 3.60. The second kappa shape index (κ2) is 9.00. The van der Waals surface area contributed by atoms with Crippen LogP contribution in [-0.4, -0.2) is 49.1 Å². The SMILES string of the molecule is C.CC.CN1CCC(N2CCCCC2)CC1. The van der Waals surface area contributed by atoms with Crippen LogP contribution in [0.1, 0.15) is 53.4 Å². The molecule has 2 heterocycles. The van der Waals surface area contributed by atoms with Gasteiger partial charge in [-0.05, 0) is 58.9 Å². The lowest BCUT2D eigenvalue weighted by Crippen LogP contribution is -2.45. The minimum atomic E-state index is 0. The van der Waals surface area contributed by atoms with Gasteiger partial charge < -0.3 is 9.80 Å². The summed E-state index contributed by atoms with van der Waals surface area (Å²) in [6.07, 6.45) is 7.13. The Bertz CT molecular complexity index is 145. The molecule has 0 unspecified atom stereocenters. The van der Waals surface area contributed by atoms with Gasteiger partial charge >= 0.3 is 0 Å². The second-order valence-corrected chi connectivity index (χ2v) is 4.63. The van der Waals surface area contributed by atoms with Crippen molar-refractivity contribution in [2.45, 2.75) is 59.4 Å². The highest BCUT2D eigenvalue weighted by Gasteiger charge is 2.23. The van der Waals surface area contributed by atoms with Gasteiger partial charge in [-0.15, -0.1) is 0 Å². The van der Waals surface area contributed by atoms with Crippen molar-refractivity contribution in [3.63, 3.8) is 0 Å². The molecule has 2 nitrogen and oxygen atoms in total. The summed E-state index contributed by atoms with van der Waals surface area (Å²) in [4.78, 5) is 5.19. The molecule has 0 aromatic heterocycles. The van der Waals surface area contributed by atoms with Gasteiger partial charge in [-0.25, -0.2) is 0 Å². The third-order valence-electron chi connectivity index (χ3n) is 3.60. The van der Waals surface area contributed by atoms with E-state index in [1.165, 1.54) is 58.3 Å². The minimum absolute atomic E-state index is 0. The van der Waals surface area contributed by atoms with Gasteiger partial charge in [0.1, 0.15) is 0 Å². The predicted octanol–water partition coefficient (Wildman–Crippen LogP) is 3.23. The van der Waals surface area contributed by atoms with Crippen molar-refractivity contribution in [2.24, 2.45) is 0 Å². The lowest BCUT2D eigenvalue weighted by atomic mass is 10.0. The van der Waals surface area contributed by atoms with Gasteiger partial charge in [0.25, 0.3) is 0 Å². The molecule has 0 saturated carbocycles. The summed E-state index contributed by atoms with van der Waals surface area (Å²) >= 11 is 0. The Labute approximate surface area is 103 Å². The molecule has 2 saturated heterocycles. The fraction of sp³-hybridized carbons (Fsp3) is 1.00. The van der Waals surface area contributed by atoms with Crippen LogP contribution in [0.3, 0.4) is 0 Å². The number of nitrogens with zero attached hydrogens (tertiary/aromatic N) is 2. The first kappa shape index (κ1) is 15.9. The smallest absolute Gasteiger partial charge is 0.0120 e. The fourth-order valence-electron chi connectivity index (χ4n) is 2.64. The molecule has 98 valence electrons. The van der Waals surface area contributed by atoms with Crippen LogP contribution in [0.4, 0.5) is 0 Å². The van der Waals surface area contributed by atoms with Crippen LogP contribution in [-0.2, 0) is 0 Å². The molecule has 16 heavy (non-hydrogen) atoms. The van der Waals surface area contributed by atoms with E-state index in [0.717, 1.165) is 6.04 Å². The average molecular weight is 228 g/mol. The van der Waals surface area contributed by atoms with Crippen molar-refractivity contribution in [1.82, 2.24) is 9.80 Å². The van der Waals surface area contributed by atoms with Crippen LogP contribution < -0.4 is 0 Å². The monoisotopic (exact) mass is 228 g/mol. The number of likely N-dealkylation sites (tertiary alicyclic amines) is 2. The Morgan fingerprint density at radius 3 is 1.81 bits per heavy atom. The Kier molecular flexibility index (Phi) is 8.96. The zero-order chi connectivity index (χ0) is 11.1. The molecular weight excluding hydrogens is 196 g/mol. The van der Waals surface area contributed by atoms with Gasteiger partial charge in [0, 0.05) is 6.04 Å². The fourth-order valence-corrected chi connectivity index (χ4v) is 2.64. The minimum Gasteiger partial charge on any atom is -0.306 e. The molecule has 0 aromatic carbocycles. The van der Waals surface area contributed by atoms with Crippen LogP contribution in [0.5, 0.6) is 0 Å². The summed E-state index contributed by atoms with van der Waals surface area (Å²) < 4.78 is 0.